The summed E-state index contributed by atoms with van der Waals surface area (Å²) in [5.41, 5.74) is 2.66. The molecule has 5 N–H and O–H groups in total. The van der Waals surface area contributed by atoms with Crippen molar-refractivity contribution in [2.75, 3.05) is 48.9 Å². The van der Waals surface area contributed by atoms with E-state index in [9.17, 15) is 19.5 Å². The second-order valence-electron chi connectivity index (χ2n) is 18.0. The van der Waals surface area contributed by atoms with Gasteiger partial charge in [0.05, 0.1) is 58.6 Å². The molecule has 0 aliphatic carbocycles. The van der Waals surface area contributed by atoms with E-state index in [0.29, 0.717) is 29.2 Å². The normalized spacial score (nSPS) is 24.1. The van der Waals surface area contributed by atoms with Gasteiger partial charge >= 0.3 is 0 Å². The third-order valence-corrected chi connectivity index (χ3v) is 18.1. The van der Waals surface area contributed by atoms with Gasteiger partial charge in [-0.15, -0.1) is 0 Å². The zero-order valence-corrected chi connectivity index (χ0v) is 37.7. The fourth-order valence-electron chi connectivity index (χ4n) is 10.4. The maximum Gasteiger partial charge on any atom is 0.264 e. The van der Waals surface area contributed by atoms with Crippen LogP contribution < -0.4 is 36.1 Å². The van der Waals surface area contributed by atoms with E-state index in [1.807, 2.05) is 84.9 Å². The highest BCUT2D eigenvalue weighted by Gasteiger charge is 2.66. The Morgan fingerprint density at radius 2 is 1.51 bits per heavy atom. The third-order valence-electron chi connectivity index (χ3n) is 13.7. The molecule has 14 heteroatoms. The summed E-state index contributed by atoms with van der Waals surface area (Å²) in [4.78, 5) is 59.9. The highest BCUT2D eigenvalue weighted by atomic mass is 28.3. The van der Waals surface area contributed by atoms with Gasteiger partial charge in [-0.2, -0.15) is 0 Å². The maximum atomic E-state index is 15.6. The molecule has 8 rings (SSSR count). The number of benzene rings is 4. The Bertz CT molecular complexity index is 2280. The minimum Gasteiger partial charge on any atom is -0.497 e. The second kappa shape index (κ2) is 18.8. The van der Waals surface area contributed by atoms with E-state index < -0.39 is 25.7 Å². The zero-order valence-electron chi connectivity index (χ0n) is 36.7. The topological polar surface area (TPSA) is 162 Å². The number of carbonyl (C=O) groups excluding carboxylic acids is 4. The van der Waals surface area contributed by atoms with Gasteiger partial charge in [0.15, 0.2) is 5.60 Å². The van der Waals surface area contributed by atoms with Gasteiger partial charge in [-0.1, -0.05) is 79.8 Å². The number of ether oxygens (including phenoxy) is 2. The van der Waals surface area contributed by atoms with Gasteiger partial charge in [-0.3, -0.25) is 19.2 Å². The van der Waals surface area contributed by atoms with Gasteiger partial charge in [0.25, 0.3) is 5.91 Å². The van der Waals surface area contributed by atoms with Crippen LogP contribution in [0.1, 0.15) is 55.7 Å². The molecule has 4 aromatic rings. The molecule has 0 bridgehead atoms. The fraction of sp³-hybridized carbons (Fsp3) is 0.429. The molecule has 0 unspecified atom stereocenters. The van der Waals surface area contributed by atoms with Crippen molar-refractivity contribution in [3.63, 3.8) is 0 Å². The summed E-state index contributed by atoms with van der Waals surface area (Å²) >= 11 is 0. The Labute approximate surface area is 370 Å². The minimum atomic E-state index is -2.62. The van der Waals surface area contributed by atoms with Crippen LogP contribution in [-0.2, 0) is 42.6 Å². The molecule has 3 saturated heterocycles. The smallest absolute Gasteiger partial charge is 0.264 e. The van der Waals surface area contributed by atoms with Crippen LogP contribution in [0.2, 0.25) is 18.6 Å². The molecule has 4 amide bonds. The van der Waals surface area contributed by atoms with Crippen molar-refractivity contribution in [3.05, 3.63) is 114 Å². The predicted molar refractivity (Wildman–Crippen MR) is 247 cm³/mol. The van der Waals surface area contributed by atoms with Crippen LogP contribution in [0.4, 0.5) is 17.1 Å². The first-order valence-corrected chi connectivity index (χ1v) is 25.4. The molecule has 0 saturated carbocycles. The molecule has 3 fully saturated rings. The van der Waals surface area contributed by atoms with Crippen molar-refractivity contribution in [2.45, 2.75) is 94.5 Å². The van der Waals surface area contributed by atoms with Crippen molar-refractivity contribution in [1.82, 2.24) is 15.5 Å². The SMILES string of the molecule is COc1ccc([Si](C)(C)[C@H]2[C@H](CC(=O)N(CCO)Cc3ccccc3)O[C@@]3(C(=O)N(Cc4ccc(NC(=O)[C@H]5CCCN5)cc4)c4ccc(NC(=O)[C@H]5CCCN5)cc43)[C@@H]2C)cc1. The lowest BCUT2D eigenvalue weighted by Crippen LogP contribution is -2.52. The fourth-order valence-corrected chi connectivity index (χ4v) is 14.4. The number of nitrogens with zero attached hydrogens (tertiary/aromatic N) is 2. The van der Waals surface area contributed by atoms with Crippen molar-refractivity contribution in [3.8, 4) is 5.75 Å². The number of amides is 4. The Morgan fingerprint density at radius 1 is 0.873 bits per heavy atom. The lowest BCUT2D eigenvalue weighted by molar-refractivity contribution is -0.150. The Hall–Kier alpha value is -5.38. The lowest BCUT2D eigenvalue weighted by Gasteiger charge is -2.37. The summed E-state index contributed by atoms with van der Waals surface area (Å²) in [6.45, 7) is 8.75. The van der Waals surface area contributed by atoms with Crippen molar-refractivity contribution in [2.24, 2.45) is 5.92 Å². The molecule has 63 heavy (non-hydrogen) atoms. The average molecular weight is 873 g/mol. The molecule has 4 heterocycles. The quantitative estimate of drug-likeness (QED) is 0.101. The first kappa shape index (κ1) is 44.2. The van der Waals surface area contributed by atoms with E-state index in [2.05, 4.69) is 53.4 Å². The Balaban J connectivity index is 1.17. The number of hydrogen-bond donors (Lipinski definition) is 5. The molecule has 4 aromatic carbocycles. The van der Waals surface area contributed by atoms with E-state index >= 15 is 4.79 Å². The molecule has 332 valence electrons. The molecule has 6 atom stereocenters. The predicted octanol–water partition coefficient (Wildman–Crippen LogP) is 5.25. The molecule has 0 aromatic heterocycles. The molecular formula is C49H60N6O7Si. The third kappa shape index (κ3) is 8.92. The number of rotatable bonds is 15. The van der Waals surface area contributed by atoms with Crippen molar-refractivity contribution < 1.29 is 33.8 Å². The van der Waals surface area contributed by atoms with E-state index in [4.69, 9.17) is 9.47 Å². The van der Waals surface area contributed by atoms with Gasteiger partial charge in [0.2, 0.25) is 17.7 Å². The summed E-state index contributed by atoms with van der Waals surface area (Å²) in [6, 6.07) is 30.5. The minimum absolute atomic E-state index is 0.00608. The van der Waals surface area contributed by atoms with Crippen molar-refractivity contribution >= 4 is 54.0 Å². The Kier molecular flexibility index (Phi) is 13.2. The first-order chi connectivity index (χ1) is 30.4. The van der Waals surface area contributed by atoms with E-state index in [1.165, 1.54) is 0 Å². The first-order valence-electron chi connectivity index (χ1n) is 22.3. The van der Waals surface area contributed by atoms with Crippen LogP contribution in [0, 0.1) is 5.92 Å². The largest absolute Gasteiger partial charge is 0.497 e. The van der Waals surface area contributed by atoms with Gasteiger partial charge in [-0.25, -0.2) is 0 Å². The summed E-state index contributed by atoms with van der Waals surface area (Å²) in [7, 11) is -0.980. The number of anilines is 3. The number of nitrogens with one attached hydrogen (secondary N) is 4. The summed E-state index contributed by atoms with van der Waals surface area (Å²) in [5.74, 6) is -0.257. The van der Waals surface area contributed by atoms with Gasteiger partial charge in [0, 0.05) is 35.9 Å². The van der Waals surface area contributed by atoms with Gasteiger partial charge < -0.3 is 45.6 Å². The molecule has 13 nitrogen and oxygen atoms in total. The number of hydrogen-bond acceptors (Lipinski definition) is 9. The van der Waals surface area contributed by atoms with Gasteiger partial charge in [-0.05, 0) is 97.9 Å². The van der Waals surface area contributed by atoms with Crippen LogP contribution in [0.25, 0.3) is 0 Å². The summed E-state index contributed by atoms with van der Waals surface area (Å²) in [6.07, 6.45) is 2.77. The van der Waals surface area contributed by atoms with Crippen LogP contribution in [0.3, 0.4) is 0 Å². The molecular weight excluding hydrogens is 813 g/mol. The van der Waals surface area contributed by atoms with E-state index in [1.54, 1.807) is 16.9 Å². The lowest BCUT2D eigenvalue weighted by atomic mass is 9.82. The standard InChI is InChI=1S/C49H60N6O7Si/c1-32-45(63(3,4)38-21-19-37(61-2)20-22-38)43(29-44(57)54(26-27-56)30-33-10-6-5-7-11-33)62-49(32)39-28-36(53-47(59)41-13-9-25-51-41)18-23-42(39)55(48(49)60)31-34-14-16-35(17-15-34)52-46(58)40-12-8-24-50-40/h5-7,10-11,14-23,28,32,40-41,43,45,50-51,56H,8-9,12-13,24-27,29-31H2,1-4H3,(H,52,58)(H,53,59)/t32-,40-,41-,43+,45-,49+/m1/s1. The van der Waals surface area contributed by atoms with Crippen LogP contribution in [0.15, 0.2) is 97.1 Å². The number of carbonyl (C=O) groups is 4. The zero-order chi connectivity index (χ0) is 44.3. The monoisotopic (exact) mass is 872 g/mol. The summed E-state index contributed by atoms with van der Waals surface area (Å²) < 4.78 is 12.9. The highest BCUT2D eigenvalue weighted by molar-refractivity contribution is 6.91. The number of aliphatic hydroxyl groups is 1. The molecule has 0 radical (unpaired) electrons. The van der Waals surface area contributed by atoms with Crippen molar-refractivity contribution in [1.29, 1.82) is 0 Å². The van der Waals surface area contributed by atoms with Crippen LogP contribution >= 0.6 is 0 Å². The Morgan fingerprint density at radius 3 is 2.11 bits per heavy atom. The van der Waals surface area contributed by atoms with Crippen LogP contribution in [0.5, 0.6) is 5.75 Å². The second-order valence-corrected chi connectivity index (χ2v) is 22.7. The highest BCUT2D eigenvalue weighted by Crippen LogP contribution is 2.60. The van der Waals surface area contributed by atoms with E-state index in [0.717, 1.165) is 60.8 Å². The molecule has 1 spiro atoms. The summed E-state index contributed by atoms with van der Waals surface area (Å²) in [5, 5.41) is 23.9. The number of methoxy groups -OCH3 is 1. The average Bonchev–Trinajstić information content (AvgIpc) is 4.11. The van der Waals surface area contributed by atoms with Crippen LogP contribution in [-0.4, -0.2) is 93.2 Å². The number of aliphatic hydroxyl groups excluding tert-OH is 1. The van der Waals surface area contributed by atoms with E-state index in [-0.39, 0.29) is 67.4 Å². The molecule has 4 aliphatic rings. The van der Waals surface area contributed by atoms with Gasteiger partial charge in [0.1, 0.15) is 5.75 Å². The number of fused-ring (bicyclic) bond motifs is 2. The molecule has 4 aliphatic heterocycles. The maximum absolute atomic E-state index is 15.6.